The SMILES string of the molecule is CC(=O)c1cc(CC(=O)N(C)C[C@]2(c3ccccc3)CC2(C)C)cs1. The number of likely N-dealkylation sites (N-methyl/N-ethyl adjacent to an activating group) is 1. The molecule has 0 aliphatic heterocycles. The Morgan fingerprint density at radius 2 is 1.84 bits per heavy atom. The van der Waals surface area contributed by atoms with E-state index in [1.807, 2.05) is 29.5 Å². The Balaban J connectivity index is 1.71. The van der Waals surface area contributed by atoms with E-state index in [9.17, 15) is 9.59 Å². The highest BCUT2D eigenvalue weighted by Gasteiger charge is 2.62. The normalized spacial score (nSPS) is 21.0. The zero-order chi connectivity index (χ0) is 18.2. The summed E-state index contributed by atoms with van der Waals surface area (Å²) in [6.45, 7) is 6.83. The standard InChI is InChI=1S/C21H25NO2S/c1-15(23)18-10-16(12-25-18)11-19(24)22(4)14-21(13-20(21,2)3)17-8-6-5-7-9-17/h5-10,12H,11,13-14H2,1-4H3/t21-/m0/s1. The van der Waals surface area contributed by atoms with Crippen LogP contribution in [0.5, 0.6) is 0 Å². The van der Waals surface area contributed by atoms with Gasteiger partial charge in [0.05, 0.1) is 11.3 Å². The van der Waals surface area contributed by atoms with Crippen LogP contribution in [0.1, 0.15) is 48.0 Å². The molecule has 0 radical (unpaired) electrons. The highest BCUT2D eigenvalue weighted by atomic mass is 32.1. The molecular weight excluding hydrogens is 330 g/mol. The maximum Gasteiger partial charge on any atom is 0.226 e. The third kappa shape index (κ3) is 3.40. The lowest BCUT2D eigenvalue weighted by Crippen LogP contribution is -2.37. The summed E-state index contributed by atoms with van der Waals surface area (Å²) in [7, 11) is 1.89. The third-order valence-electron chi connectivity index (χ3n) is 5.53. The number of rotatable bonds is 6. The minimum absolute atomic E-state index is 0.0395. The van der Waals surface area contributed by atoms with Gasteiger partial charge < -0.3 is 4.90 Å². The number of nitrogens with zero attached hydrogens (tertiary/aromatic N) is 1. The number of hydrogen-bond donors (Lipinski definition) is 0. The minimum Gasteiger partial charge on any atom is -0.345 e. The van der Waals surface area contributed by atoms with Gasteiger partial charge in [0.1, 0.15) is 0 Å². The fourth-order valence-corrected chi connectivity index (χ4v) is 4.59. The maximum absolute atomic E-state index is 12.7. The van der Waals surface area contributed by atoms with Gasteiger partial charge in [0.2, 0.25) is 5.91 Å². The number of carbonyl (C=O) groups excluding carboxylic acids is 2. The number of thiophene rings is 1. The fraction of sp³-hybridized carbons (Fsp3) is 0.429. The van der Waals surface area contributed by atoms with Crippen molar-refractivity contribution >= 4 is 23.0 Å². The quantitative estimate of drug-likeness (QED) is 0.724. The molecule has 2 aromatic rings. The number of ketones is 1. The van der Waals surface area contributed by atoms with Crippen molar-refractivity contribution in [1.82, 2.24) is 4.90 Å². The van der Waals surface area contributed by atoms with Crippen LogP contribution in [0.3, 0.4) is 0 Å². The molecule has 1 atom stereocenters. The van der Waals surface area contributed by atoms with Gasteiger partial charge in [0, 0.05) is 19.0 Å². The van der Waals surface area contributed by atoms with Crippen LogP contribution in [0, 0.1) is 5.41 Å². The molecule has 25 heavy (non-hydrogen) atoms. The average molecular weight is 356 g/mol. The van der Waals surface area contributed by atoms with E-state index >= 15 is 0 Å². The summed E-state index contributed by atoms with van der Waals surface area (Å²) in [6, 6.07) is 12.4. The smallest absolute Gasteiger partial charge is 0.226 e. The van der Waals surface area contributed by atoms with Crippen LogP contribution in [0.15, 0.2) is 41.8 Å². The van der Waals surface area contributed by atoms with Crippen LogP contribution in [0.25, 0.3) is 0 Å². The van der Waals surface area contributed by atoms with E-state index in [-0.39, 0.29) is 22.5 Å². The second kappa shape index (κ2) is 6.41. The first-order valence-electron chi connectivity index (χ1n) is 8.63. The van der Waals surface area contributed by atoms with Crippen molar-refractivity contribution in [3.8, 4) is 0 Å². The summed E-state index contributed by atoms with van der Waals surface area (Å²) in [5.41, 5.74) is 2.48. The van der Waals surface area contributed by atoms with Gasteiger partial charge in [-0.05, 0) is 41.3 Å². The Kier molecular flexibility index (Phi) is 4.58. The molecule has 0 saturated heterocycles. The first kappa shape index (κ1) is 17.9. The first-order chi connectivity index (χ1) is 11.7. The van der Waals surface area contributed by atoms with Crippen molar-refractivity contribution in [2.75, 3.05) is 13.6 Å². The number of Topliss-reactive ketones (excluding diaryl/α,β-unsaturated/α-hetero) is 1. The Morgan fingerprint density at radius 1 is 1.20 bits per heavy atom. The molecule has 1 aromatic heterocycles. The number of carbonyl (C=O) groups is 2. The van der Waals surface area contributed by atoms with Gasteiger partial charge in [-0.25, -0.2) is 0 Å². The van der Waals surface area contributed by atoms with Gasteiger partial charge in [-0.2, -0.15) is 0 Å². The predicted molar refractivity (Wildman–Crippen MR) is 102 cm³/mol. The second-order valence-corrected chi connectivity index (χ2v) is 8.72. The predicted octanol–water partition coefficient (Wildman–Crippen LogP) is 4.32. The van der Waals surface area contributed by atoms with Gasteiger partial charge in [-0.3, -0.25) is 9.59 Å². The molecular formula is C21H25NO2S. The lowest BCUT2D eigenvalue weighted by Gasteiger charge is -2.28. The van der Waals surface area contributed by atoms with Crippen LogP contribution in [-0.2, 0) is 16.6 Å². The van der Waals surface area contributed by atoms with Crippen LogP contribution in [-0.4, -0.2) is 30.2 Å². The molecule has 1 fully saturated rings. The zero-order valence-electron chi connectivity index (χ0n) is 15.3. The first-order valence-corrected chi connectivity index (χ1v) is 9.51. The molecule has 0 bridgehead atoms. The number of hydrogen-bond acceptors (Lipinski definition) is 3. The molecule has 132 valence electrons. The average Bonchev–Trinajstić information content (AvgIpc) is 2.92. The summed E-state index contributed by atoms with van der Waals surface area (Å²) in [4.78, 5) is 26.7. The molecule has 4 heteroatoms. The molecule has 1 aromatic carbocycles. The number of benzene rings is 1. The maximum atomic E-state index is 12.7. The molecule has 1 saturated carbocycles. The Bertz CT molecular complexity index is 793. The molecule has 1 aliphatic carbocycles. The summed E-state index contributed by atoms with van der Waals surface area (Å²) in [5.74, 6) is 0.158. The minimum atomic E-state index is 0.0395. The molecule has 0 unspecified atom stereocenters. The summed E-state index contributed by atoms with van der Waals surface area (Å²) in [6.07, 6.45) is 1.44. The number of amides is 1. The van der Waals surface area contributed by atoms with Crippen LogP contribution < -0.4 is 0 Å². The van der Waals surface area contributed by atoms with E-state index in [1.54, 1.807) is 6.92 Å². The summed E-state index contributed by atoms with van der Waals surface area (Å²) < 4.78 is 0. The lowest BCUT2D eigenvalue weighted by molar-refractivity contribution is -0.129. The lowest BCUT2D eigenvalue weighted by atomic mass is 9.87. The monoisotopic (exact) mass is 355 g/mol. The van der Waals surface area contributed by atoms with E-state index in [4.69, 9.17) is 0 Å². The summed E-state index contributed by atoms with van der Waals surface area (Å²) in [5, 5.41) is 1.91. The van der Waals surface area contributed by atoms with E-state index in [0.717, 1.165) is 23.4 Å². The highest BCUT2D eigenvalue weighted by molar-refractivity contribution is 7.12. The fourth-order valence-electron chi connectivity index (χ4n) is 3.78. The molecule has 1 aliphatic rings. The molecule has 0 N–H and O–H groups in total. The highest BCUT2D eigenvalue weighted by Crippen LogP contribution is 2.64. The summed E-state index contributed by atoms with van der Waals surface area (Å²) >= 11 is 1.41. The third-order valence-corrected chi connectivity index (χ3v) is 6.61. The van der Waals surface area contributed by atoms with Crippen molar-refractivity contribution in [3.63, 3.8) is 0 Å². The van der Waals surface area contributed by atoms with Crippen molar-refractivity contribution in [2.45, 2.75) is 39.0 Å². The van der Waals surface area contributed by atoms with Gasteiger partial charge in [-0.1, -0.05) is 44.2 Å². The van der Waals surface area contributed by atoms with E-state index < -0.39 is 0 Å². The Labute approximate surface area is 153 Å². The van der Waals surface area contributed by atoms with Gasteiger partial charge in [0.25, 0.3) is 0 Å². The Morgan fingerprint density at radius 3 is 2.36 bits per heavy atom. The van der Waals surface area contributed by atoms with Crippen LogP contribution in [0.2, 0.25) is 0 Å². The van der Waals surface area contributed by atoms with Crippen molar-refractivity contribution in [1.29, 1.82) is 0 Å². The van der Waals surface area contributed by atoms with E-state index in [2.05, 4.69) is 38.1 Å². The van der Waals surface area contributed by atoms with Crippen molar-refractivity contribution in [3.05, 3.63) is 57.8 Å². The second-order valence-electron chi connectivity index (χ2n) is 7.81. The molecule has 1 amide bonds. The molecule has 0 spiro atoms. The van der Waals surface area contributed by atoms with Crippen molar-refractivity contribution in [2.24, 2.45) is 5.41 Å². The Hall–Kier alpha value is -1.94. The van der Waals surface area contributed by atoms with Crippen molar-refractivity contribution < 1.29 is 9.59 Å². The molecule has 1 heterocycles. The molecule has 3 nitrogen and oxygen atoms in total. The van der Waals surface area contributed by atoms with E-state index in [0.29, 0.717) is 6.42 Å². The topological polar surface area (TPSA) is 37.4 Å². The molecule has 3 rings (SSSR count). The van der Waals surface area contributed by atoms with Crippen LogP contribution in [0.4, 0.5) is 0 Å². The van der Waals surface area contributed by atoms with E-state index in [1.165, 1.54) is 16.9 Å². The van der Waals surface area contributed by atoms with Crippen LogP contribution >= 0.6 is 11.3 Å². The zero-order valence-corrected chi connectivity index (χ0v) is 16.2. The largest absolute Gasteiger partial charge is 0.345 e. The van der Waals surface area contributed by atoms with Gasteiger partial charge in [-0.15, -0.1) is 11.3 Å². The van der Waals surface area contributed by atoms with Gasteiger partial charge in [0.15, 0.2) is 5.78 Å². The van der Waals surface area contributed by atoms with Gasteiger partial charge >= 0.3 is 0 Å².